The van der Waals surface area contributed by atoms with Crippen molar-refractivity contribution in [3.8, 4) is 0 Å². The van der Waals surface area contributed by atoms with Gasteiger partial charge in [-0.05, 0) is 32.1 Å². The van der Waals surface area contributed by atoms with Gasteiger partial charge in [0.25, 0.3) is 0 Å². The Bertz CT molecular complexity index is 671. The van der Waals surface area contributed by atoms with Crippen LogP contribution in [0.5, 0.6) is 0 Å². The van der Waals surface area contributed by atoms with E-state index in [1.165, 1.54) is 0 Å². The van der Waals surface area contributed by atoms with Crippen molar-refractivity contribution in [2.45, 2.75) is 160 Å². The smallest absolute Gasteiger partial charge is 0.187 e. The van der Waals surface area contributed by atoms with E-state index in [2.05, 4.69) is 27.7 Å². The highest BCUT2D eigenvalue weighted by Gasteiger charge is 2.53. The van der Waals surface area contributed by atoms with E-state index in [4.69, 9.17) is 37.9 Å². The van der Waals surface area contributed by atoms with Gasteiger partial charge < -0.3 is 53.2 Å². The molecule has 4 unspecified atom stereocenters. The van der Waals surface area contributed by atoms with Crippen LogP contribution in [0.1, 0.15) is 98.8 Å². The SMILES string of the molecule is CCCCOCC1O[C@@H](O[C@@H]2C(OCCCC)[C@@H](O)OC(CO)[C@H]2O)[C@@H](OCCCC)C(OCCCC)[C@@H]1OCCCC. The molecule has 43 heavy (non-hydrogen) atoms. The fourth-order valence-electron chi connectivity index (χ4n) is 5.14. The summed E-state index contributed by atoms with van der Waals surface area (Å²) in [5.41, 5.74) is 0. The summed E-state index contributed by atoms with van der Waals surface area (Å²) >= 11 is 0. The van der Waals surface area contributed by atoms with Gasteiger partial charge in [-0.15, -0.1) is 0 Å². The minimum Gasteiger partial charge on any atom is -0.394 e. The van der Waals surface area contributed by atoms with E-state index >= 15 is 0 Å². The van der Waals surface area contributed by atoms with Crippen LogP contribution in [0.15, 0.2) is 0 Å². The molecule has 2 fully saturated rings. The van der Waals surface area contributed by atoms with Gasteiger partial charge in [0, 0.05) is 33.0 Å². The first-order valence-electron chi connectivity index (χ1n) is 16.9. The van der Waals surface area contributed by atoms with Crippen LogP contribution in [0, 0.1) is 0 Å². The Balaban J connectivity index is 2.43. The van der Waals surface area contributed by atoms with Gasteiger partial charge in [-0.1, -0.05) is 66.7 Å². The van der Waals surface area contributed by atoms with E-state index in [1.807, 2.05) is 6.92 Å². The Morgan fingerprint density at radius 3 is 1.56 bits per heavy atom. The van der Waals surface area contributed by atoms with Crippen LogP contribution in [-0.2, 0) is 37.9 Å². The summed E-state index contributed by atoms with van der Waals surface area (Å²) < 4.78 is 50.0. The summed E-state index contributed by atoms with van der Waals surface area (Å²) in [6, 6.07) is 0. The molecule has 2 aliphatic rings. The number of hydrogen-bond acceptors (Lipinski definition) is 11. The van der Waals surface area contributed by atoms with Crippen LogP contribution in [-0.4, -0.2) is 123 Å². The van der Waals surface area contributed by atoms with Gasteiger partial charge in [0.1, 0.15) is 48.8 Å². The molecule has 2 aliphatic heterocycles. The zero-order chi connectivity index (χ0) is 31.5. The minimum atomic E-state index is -1.40. The summed E-state index contributed by atoms with van der Waals surface area (Å²) in [7, 11) is 0. The van der Waals surface area contributed by atoms with Crippen LogP contribution in [0.25, 0.3) is 0 Å². The summed E-state index contributed by atoms with van der Waals surface area (Å²) in [5.74, 6) is 0. The molecule has 3 N–H and O–H groups in total. The fourth-order valence-corrected chi connectivity index (χ4v) is 5.14. The molecule has 0 radical (unpaired) electrons. The molecular weight excluding hydrogens is 560 g/mol. The molecule has 256 valence electrons. The van der Waals surface area contributed by atoms with E-state index in [9.17, 15) is 15.3 Å². The summed E-state index contributed by atoms with van der Waals surface area (Å²) in [6.45, 7) is 12.7. The normalized spacial score (nSPS) is 33.2. The topological polar surface area (TPSA) is 135 Å². The van der Waals surface area contributed by atoms with E-state index < -0.39 is 68.0 Å². The third-order valence-corrected chi connectivity index (χ3v) is 7.86. The Kier molecular flexibility index (Phi) is 20.7. The van der Waals surface area contributed by atoms with Crippen LogP contribution in [0.4, 0.5) is 0 Å². The second-order valence-corrected chi connectivity index (χ2v) is 11.6. The molecule has 0 aromatic heterocycles. The van der Waals surface area contributed by atoms with E-state index in [0.29, 0.717) is 33.0 Å². The van der Waals surface area contributed by atoms with Crippen molar-refractivity contribution in [1.82, 2.24) is 0 Å². The van der Waals surface area contributed by atoms with Crippen LogP contribution in [0.3, 0.4) is 0 Å². The third kappa shape index (κ3) is 12.7. The molecule has 2 saturated heterocycles. The lowest BCUT2D eigenvalue weighted by atomic mass is 9.96. The molecule has 0 aromatic carbocycles. The highest BCUT2D eigenvalue weighted by molar-refractivity contribution is 4.96. The van der Waals surface area contributed by atoms with Crippen molar-refractivity contribution in [3.63, 3.8) is 0 Å². The Labute approximate surface area is 259 Å². The Morgan fingerprint density at radius 2 is 1.02 bits per heavy atom. The highest BCUT2D eigenvalue weighted by Crippen LogP contribution is 2.34. The fraction of sp³-hybridized carbons (Fsp3) is 1.00. The third-order valence-electron chi connectivity index (χ3n) is 7.86. The van der Waals surface area contributed by atoms with Crippen molar-refractivity contribution < 1.29 is 53.2 Å². The average Bonchev–Trinajstić information content (AvgIpc) is 3.00. The highest BCUT2D eigenvalue weighted by atomic mass is 16.7. The maximum absolute atomic E-state index is 11.2. The van der Waals surface area contributed by atoms with Gasteiger partial charge in [0.05, 0.1) is 13.2 Å². The zero-order valence-electron chi connectivity index (χ0n) is 27.4. The zero-order valence-corrected chi connectivity index (χ0v) is 27.4. The standard InChI is InChI=1S/C32H62O11/c1-6-11-16-36-22-24-26(37-17-12-7-2)28(38-18-13-8-3)30(40-20-15-10-5)32(42-24)43-27-25(34)23(21-33)41-31(35)29(27)39-19-14-9-4/h23-35H,6-22H2,1-5H3/t23?,24?,25-,26-,27+,28?,29?,30+,31+,32+/m1/s1. The molecule has 11 nitrogen and oxygen atoms in total. The van der Waals surface area contributed by atoms with Crippen molar-refractivity contribution in [3.05, 3.63) is 0 Å². The van der Waals surface area contributed by atoms with E-state index in [1.54, 1.807) is 0 Å². The number of aliphatic hydroxyl groups is 3. The van der Waals surface area contributed by atoms with E-state index in [-0.39, 0.29) is 6.61 Å². The lowest BCUT2D eigenvalue weighted by Gasteiger charge is -2.49. The Hall–Kier alpha value is -0.440. The van der Waals surface area contributed by atoms with E-state index in [0.717, 1.165) is 64.2 Å². The van der Waals surface area contributed by atoms with Gasteiger partial charge >= 0.3 is 0 Å². The molecule has 0 bridgehead atoms. The van der Waals surface area contributed by atoms with Gasteiger partial charge in [0.15, 0.2) is 12.6 Å². The second-order valence-electron chi connectivity index (χ2n) is 11.6. The lowest BCUT2D eigenvalue weighted by molar-refractivity contribution is -0.368. The van der Waals surface area contributed by atoms with Crippen LogP contribution < -0.4 is 0 Å². The number of hydrogen-bond donors (Lipinski definition) is 3. The van der Waals surface area contributed by atoms with Gasteiger partial charge in [-0.2, -0.15) is 0 Å². The number of unbranched alkanes of at least 4 members (excludes halogenated alkanes) is 5. The molecule has 0 saturated carbocycles. The first-order valence-corrected chi connectivity index (χ1v) is 16.9. The van der Waals surface area contributed by atoms with Gasteiger partial charge in [0.2, 0.25) is 0 Å². The quantitative estimate of drug-likeness (QED) is 0.136. The minimum absolute atomic E-state index is 0.278. The first-order chi connectivity index (χ1) is 21.0. The summed E-state index contributed by atoms with van der Waals surface area (Å²) in [4.78, 5) is 0. The molecule has 2 heterocycles. The number of ether oxygens (including phenoxy) is 8. The molecule has 0 amide bonds. The average molecular weight is 623 g/mol. The molecule has 11 heteroatoms. The Morgan fingerprint density at radius 1 is 0.535 bits per heavy atom. The van der Waals surface area contributed by atoms with Gasteiger partial charge in [-0.3, -0.25) is 0 Å². The molecule has 0 spiro atoms. The molecular formula is C32H62O11. The van der Waals surface area contributed by atoms with Crippen molar-refractivity contribution in [2.24, 2.45) is 0 Å². The van der Waals surface area contributed by atoms with Crippen LogP contribution in [0.2, 0.25) is 0 Å². The monoisotopic (exact) mass is 622 g/mol. The maximum atomic E-state index is 11.2. The molecule has 0 aliphatic carbocycles. The maximum Gasteiger partial charge on any atom is 0.187 e. The van der Waals surface area contributed by atoms with Crippen LogP contribution >= 0.6 is 0 Å². The molecule has 0 aromatic rings. The largest absolute Gasteiger partial charge is 0.394 e. The summed E-state index contributed by atoms with van der Waals surface area (Å²) in [5, 5.41) is 31.9. The van der Waals surface area contributed by atoms with Gasteiger partial charge in [-0.25, -0.2) is 0 Å². The first kappa shape index (κ1) is 38.7. The predicted octanol–water partition coefficient (Wildman–Crippen LogP) is 3.72. The molecule has 10 atom stereocenters. The molecule has 2 rings (SSSR count). The van der Waals surface area contributed by atoms with Crippen molar-refractivity contribution >= 4 is 0 Å². The second kappa shape index (κ2) is 23.0. The summed E-state index contributed by atoms with van der Waals surface area (Å²) in [6.07, 6.45) is 0.157. The van der Waals surface area contributed by atoms with Crippen molar-refractivity contribution in [2.75, 3.05) is 46.2 Å². The lowest BCUT2D eigenvalue weighted by Crippen LogP contribution is -2.66. The number of rotatable bonds is 24. The predicted molar refractivity (Wildman–Crippen MR) is 162 cm³/mol. The number of aliphatic hydroxyl groups excluding tert-OH is 3. The van der Waals surface area contributed by atoms with Crippen molar-refractivity contribution in [1.29, 1.82) is 0 Å².